The molecule has 0 bridgehead atoms. The van der Waals surface area contributed by atoms with Crippen LogP contribution in [0.2, 0.25) is 0 Å². The van der Waals surface area contributed by atoms with Gasteiger partial charge in [-0.25, -0.2) is 0 Å². The fourth-order valence-corrected chi connectivity index (χ4v) is 2.43. The van der Waals surface area contributed by atoms with Crippen molar-refractivity contribution in [3.05, 3.63) is 40.7 Å². The fourth-order valence-electron chi connectivity index (χ4n) is 2.43. The Kier molecular flexibility index (Phi) is 5.02. The number of likely N-dealkylation sites (N-methyl/N-ethyl adjacent to an activating group) is 1. The van der Waals surface area contributed by atoms with Crippen LogP contribution in [0.1, 0.15) is 30.4 Å². The van der Waals surface area contributed by atoms with E-state index in [9.17, 15) is 0 Å². The molecule has 94 valence electrons. The van der Waals surface area contributed by atoms with Crippen LogP contribution in [0.15, 0.2) is 24.3 Å². The van der Waals surface area contributed by atoms with Gasteiger partial charge in [0.1, 0.15) is 0 Å². The van der Waals surface area contributed by atoms with E-state index in [1.807, 2.05) is 7.05 Å². The normalized spacial score (nSPS) is 17.2. The van der Waals surface area contributed by atoms with Crippen LogP contribution >= 0.6 is 0 Å². The van der Waals surface area contributed by atoms with Gasteiger partial charge in [0, 0.05) is 6.54 Å². The van der Waals surface area contributed by atoms with Crippen molar-refractivity contribution in [2.45, 2.75) is 32.2 Å². The van der Waals surface area contributed by atoms with Gasteiger partial charge in [-0.05, 0) is 43.5 Å². The summed E-state index contributed by atoms with van der Waals surface area (Å²) < 4.78 is 0. The molecule has 0 unspecified atom stereocenters. The molecule has 17 heavy (non-hydrogen) atoms. The van der Waals surface area contributed by atoms with E-state index in [1.54, 1.807) is 0 Å². The Morgan fingerprint density at radius 1 is 1.00 bits per heavy atom. The lowest BCUT2D eigenvalue weighted by atomic mass is 10.1. The van der Waals surface area contributed by atoms with Gasteiger partial charge in [-0.1, -0.05) is 30.7 Å². The van der Waals surface area contributed by atoms with Crippen molar-refractivity contribution in [2.75, 3.05) is 26.7 Å². The second-order valence-electron chi connectivity index (χ2n) is 4.94. The van der Waals surface area contributed by atoms with E-state index in [4.69, 9.17) is 0 Å². The van der Waals surface area contributed by atoms with Crippen LogP contribution < -0.4 is 0 Å². The van der Waals surface area contributed by atoms with Crippen LogP contribution in [-0.4, -0.2) is 31.6 Å². The Balaban J connectivity index is 1.84. The van der Waals surface area contributed by atoms with E-state index in [0.717, 1.165) is 19.5 Å². The zero-order valence-corrected chi connectivity index (χ0v) is 10.9. The van der Waals surface area contributed by atoms with Crippen molar-refractivity contribution in [3.63, 3.8) is 0 Å². The molecule has 1 heterocycles. The van der Waals surface area contributed by atoms with Crippen molar-refractivity contribution in [3.8, 4) is 0 Å². The van der Waals surface area contributed by atoms with Gasteiger partial charge < -0.3 is 5.32 Å². The summed E-state index contributed by atoms with van der Waals surface area (Å²) in [6.45, 7) is 4.61. The molecular weight excluding hydrogens is 208 g/mol. The highest BCUT2D eigenvalue weighted by molar-refractivity contribution is 5.23. The van der Waals surface area contributed by atoms with Crippen LogP contribution in [0, 0.1) is 0 Å². The molecule has 0 N–H and O–H groups in total. The molecule has 2 heteroatoms. The Morgan fingerprint density at radius 3 is 2.29 bits per heavy atom. The summed E-state index contributed by atoms with van der Waals surface area (Å²) in [6, 6.07) is 9.06. The van der Waals surface area contributed by atoms with E-state index in [1.165, 1.54) is 43.5 Å². The average molecular weight is 231 g/mol. The van der Waals surface area contributed by atoms with Crippen LogP contribution in [0.3, 0.4) is 0 Å². The van der Waals surface area contributed by atoms with Crippen LogP contribution in [-0.2, 0) is 13.0 Å². The summed E-state index contributed by atoms with van der Waals surface area (Å²) in [6.07, 6.45) is 5.22. The van der Waals surface area contributed by atoms with E-state index < -0.39 is 0 Å². The van der Waals surface area contributed by atoms with E-state index in [-0.39, 0.29) is 0 Å². The monoisotopic (exact) mass is 231 g/mol. The molecule has 0 aromatic heterocycles. The van der Waals surface area contributed by atoms with Gasteiger partial charge in [0.25, 0.3) is 0 Å². The third kappa shape index (κ3) is 4.14. The Hall–Kier alpha value is -0.860. The van der Waals surface area contributed by atoms with Gasteiger partial charge in [-0.2, -0.15) is 7.05 Å². The molecule has 0 aliphatic carbocycles. The van der Waals surface area contributed by atoms with Crippen molar-refractivity contribution in [1.29, 1.82) is 0 Å². The summed E-state index contributed by atoms with van der Waals surface area (Å²) in [5.41, 5.74) is 2.85. The van der Waals surface area contributed by atoms with Crippen LogP contribution in [0.4, 0.5) is 0 Å². The summed E-state index contributed by atoms with van der Waals surface area (Å²) >= 11 is 0. The van der Waals surface area contributed by atoms with E-state index in [2.05, 4.69) is 34.5 Å². The van der Waals surface area contributed by atoms with Crippen molar-refractivity contribution < 1.29 is 0 Å². The predicted molar refractivity (Wildman–Crippen MR) is 73.4 cm³/mol. The molecule has 1 fully saturated rings. The molecule has 1 saturated heterocycles. The minimum atomic E-state index is 0.936. The molecule has 0 amide bonds. The standard InChI is InChI=1S/C15H23N2/c1-16-10-9-14-5-7-15(8-6-14)13-17-11-3-2-4-12-17/h5-8H,2-4,9-13H2,1H3/q-1. The molecule has 0 spiro atoms. The molecule has 2 rings (SSSR count). The summed E-state index contributed by atoms with van der Waals surface area (Å²) in [7, 11) is 1.88. The molecule has 0 saturated carbocycles. The molecule has 1 aromatic rings. The van der Waals surface area contributed by atoms with Crippen molar-refractivity contribution in [2.24, 2.45) is 0 Å². The second-order valence-corrected chi connectivity index (χ2v) is 4.94. The molecule has 1 aliphatic heterocycles. The third-order valence-electron chi connectivity index (χ3n) is 3.50. The maximum Gasteiger partial charge on any atom is 0.0233 e. The number of benzene rings is 1. The van der Waals surface area contributed by atoms with Gasteiger partial charge in [0.05, 0.1) is 0 Å². The number of hydrogen-bond donors (Lipinski definition) is 0. The van der Waals surface area contributed by atoms with Crippen molar-refractivity contribution >= 4 is 0 Å². The van der Waals surface area contributed by atoms with Gasteiger partial charge in [0.2, 0.25) is 0 Å². The SMILES string of the molecule is C[N-]CCc1ccc(CN2CCCCC2)cc1. The number of piperidine rings is 1. The fraction of sp³-hybridized carbons (Fsp3) is 0.600. The lowest BCUT2D eigenvalue weighted by molar-refractivity contribution is 0.221. The lowest BCUT2D eigenvalue weighted by Crippen LogP contribution is -2.29. The highest BCUT2D eigenvalue weighted by Gasteiger charge is 2.09. The Morgan fingerprint density at radius 2 is 1.65 bits per heavy atom. The van der Waals surface area contributed by atoms with Gasteiger partial charge >= 0.3 is 0 Å². The maximum absolute atomic E-state index is 4.14. The molecule has 1 aromatic carbocycles. The first-order chi connectivity index (χ1) is 8.38. The minimum absolute atomic E-state index is 0.936. The van der Waals surface area contributed by atoms with E-state index in [0.29, 0.717) is 0 Å². The Labute approximate surface area is 105 Å². The highest BCUT2D eigenvalue weighted by atomic mass is 15.1. The number of nitrogens with zero attached hydrogens (tertiary/aromatic N) is 2. The zero-order chi connectivity index (χ0) is 11.9. The maximum atomic E-state index is 4.14. The number of likely N-dealkylation sites (tertiary alicyclic amines) is 1. The lowest BCUT2D eigenvalue weighted by Gasteiger charge is -2.26. The molecule has 0 radical (unpaired) electrons. The molecule has 0 atom stereocenters. The average Bonchev–Trinajstić information content (AvgIpc) is 2.39. The predicted octanol–water partition coefficient (Wildman–Crippen LogP) is 3.22. The largest absolute Gasteiger partial charge is 0.665 e. The first-order valence-electron chi connectivity index (χ1n) is 6.74. The first-order valence-corrected chi connectivity index (χ1v) is 6.74. The summed E-state index contributed by atoms with van der Waals surface area (Å²) in [5, 5.41) is 4.14. The highest BCUT2D eigenvalue weighted by Crippen LogP contribution is 2.13. The van der Waals surface area contributed by atoms with Gasteiger partial charge in [-0.15, -0.1) is 6.54 Å². The molecule has 2 nitrogen and oxygen atoms in total. The quantitative estimate of drug-likeness (QED) is 0.760. The summed E-state index contributed by atoms with van der Waals surface area (Å²) in [5.74, 6) is 0. The molecule has 1 aliphatic rings. The third-order valence-corrected chi connectivity index (χ3v) is 3.50. The van der Waals surface area contributed by atoms with E-state index >= 15 is 0 Å². The van der Waals surface area contributed by atoms with Crippen molar-refractivity contribution in [1.82, 2.24) is 4.90 Å². The minimum Gasteiger partial charge on any atom is -0.665 e. The van der Waals surface area contributed by atoms with Gasteiger partial charge in [0.15, 0.2) is 0 Å². The zero-order valence-electron chi connectivity index (χ0n) is 10.9. The van der Waals surface area contributed by atoms with Crippen LogP contribution in [0.5, 0.6) is 0 Å². The number of hydrogen-bond acceptors (Lipinski definition) is 1. The Bertz CT molecular complexity index is 312. The topological polar surface area (TPSA) is 17.3 Å². The van der Waals surface area contributed by atoms with Gasteiger partial charge in [-0.3, -0.25) is 4.90 Å². The smallest absolute Gasteiger partial charge is 0.0233 e. The second kappa shape index (κ2) is 6.77. The van der Waals surface area contributed by atoms with Crippen LogP contribution in [0.25, 0.3) is 5.32 Å². The molecular formula is C15H23N2-. The first kappa shape index (κ1) is 12.6. The number of rotatable bonds is 5. The summed E-state index contributed by atoms with van der Waals surface area (Å²) in [4.78, 5) is 2.57.